The lowest BCUT2D eigenvalue weighted by molar-refractivity contribution is -0.124. The molecule has 2 aliphatic heterocycles. The lowest BCUT2D eigenvalue weighted by Gasteiger charge is -2.42. The van der Waals surface area contributed by atoms with Crippen molar-refractivity contribution in [3.63, 3.8) is 0 Å². The van der Waals surface area contributed by atoms with E-state index < -0.39 is 44.7 Å². The molecule has 2 heterocycles. The van der Waals surface area contributed by atoms with Crippen LogP contribution in [-0.4, -0.2) is 42.9 Å². The third-order valence-corrected chi connectivity index (χ3v) is 23.9. The molecular formula is C99H93N3O5S. The van der Waals surface area contributed by atoms with Crippen LogP contribution in [0.3, 0.4) is 0 Å². The topological polar surface area (TPSA) is 102 Å². The molecule has 2 aliphatic rings. The summed E-state index contributed by atoms with van der Waals surface area (Å²) in [6.45, 7) is 7.76. The summed E-state index contributed by atoms with van der Waals surface area (Å²) in [6.07, 6.45) is 3.28. The van der Waals surface area contributed by atoms with Crippen LogP contribution in [0.15, 0.2) is 380 Å². The number of ether oxygens (including phenoxy) is 4. The number of hydrogen-bond acceptors (Lipinski definition) is 8. The van der Waals surface area contributed by atoms with Crippen molar-refractivity contribution in [2.75, 3.05) is 26.4 Å². The van der Waals surface area contributed by atoms with Crippen LogP contribution in [-0.2, 0) is 46.1 Å². The molecule has 0 radical (unpaired) electrons. The summed E-state index contributed by atoms with van der Waals surface area (Å²) in [4.78, 5) is 21.2. The first-order valence-electron chi connectivity index (χ1n) is 37.9. The van der Waals surface area contributed by atoms with Gasteiger partial charge in [-0.2, -0.15) is 5.26 Å². The fraction of sp³-hybridized carbons (Fsp3) is 0.222. The summed E-state index contributed by atoms with van der Waals surface area (Å²) in [5.41, 5.74) is 6.14. The van der Waals surface area contributed by atoms with Gasteiger partial charge in [-0.05, 0) is 118 Å². The van der Waals surface area contributed by atoms with Gasteiger partial charge in [0.25, 0.3) is 0 Å². The molecule has 1 amide bonds. The molecule has 1 saturated heterocycles. The number of aliphatic imine (C=N–C) groups is 1. The second-order valence-electron chi connectivity index (χ2n) is 29.0. The maximum Gasteiger partial charge on any atom is 0.228 e. The van der Waals surface area contributed by atoms with Crippen LogP contribution < -0.4 is 5.32 Å². The highest BCUT2D eigenvalue weighted by molar-refractivity contribution is 8.16. The SMILES string of the molecule is C[C@]1(CCOC(c2ccccc2)(c2ccccc2)c2ccccc2)[C@H](CCCOC(c2ccccc2)(c2ccccc2)c2ccccc2)C(S/C=C2\NC(=O)[C@@H](CCCOC(c3ccccc3)(c3ccccc3)c3ccccc3)[C@]2(C)CCOC(c2ccccc2)(c2ccccc2)c2ccccc2)=N[C@@]1(C)C#N. The van der Waals surface area contributed by atoms with Gasteiger partial charge in [-0.25, -0.2) is 0 Å². The van der Waals surface area contributed by atoms with Gasteiger partial charge in [-0.3, -0.25) is 9.79 Å². The molecule has 0 bridgehead atoms. The number of hydrogen-bond donors (Lipinski definition) is 1. The summed E-state index contributed by atoms with van der Waals surface area (Å²) < 4.78 is 30.3. The molecule has 108 heavy (non-hydrogen) atoms. The first kappa shape index (κ1) is 74.1. The van der Waals surface area contributed by atoms with Crippen LogP contribution in [0, 0.1) is 34.0 Å². The Morgan fingerprint density at radius 2 is 0.593 bits per heavy atom. The summed E-state index contributed by atoms with van der Waals surface area (Å²) in [5, 5.41) is 18.4. The molecule has 12 aromatic carbocycles. The number of benzene rings is 12. The zero-order chi connectivity index (χ0) is 74.2. The van der Waals surface area contributed by atoms with Crippen LogP contribution in [0.25, 0.3) is 0 Å². The van der Waals surface area contributed by atoms with Gasteiger partial charge in [0.15, 0.2) is 5.54 Å². The summed E-state index contributed by atoms with van der Waals surface area (Å²) >= 11 is 1.53. The standard InChI is InChI=1S/C99H93N3O5S/c1-93(68-72-106-98(82-54-28-10-29-55-82,83-56-30-11-31-57-83)84-58-32-12-33-59-84)88(66-40-70-104-96(76-42-16-4-17-43-76,77-44-18-5-19-45-77)78-46-20-6-21-47-78)91(103)101-90(93)74-108-92-89(67-41-71-105-97(79-48-22-7-23-49-79,80-50-24-8-25-51-80)81-52-26-9-27-53-81)94(2,95(3,75-100)102-92)69-73-107-99(85-60-34-13-35-61-85,86-62-36-14-37-63-86)87-64-38-15-39-65-87/h4-39,42-65,74,88-89H,40-41,66-73H2,1-3H3,(H,101,103)/b90-74-/t88-,89-,93+,94+,95+/m1/s1. The highest BCUT2D eigenvalue weighted by atomic mass is 32.2. The average molecular weight is 1440 g/mol. The fourth-order valence-electron chi connectivity index (χ4n) is 17.0. The van der Waals surface area contributed by atoms with Crippen LogP contribution in [0.2, 0.25) is 0 Å². The predicted molar refractivity (Wildman–Crippen MR) is 437 cm³/mol. The van der Waals surface area contributed by atoms with Gasteiger partial charge in [0.2, 0.25) is 5.91 Å². The Labute approximate surface area is 642 Å². The van der Waals surface area contributed by atoms with Crippen molar-refractivity contribution >= 4 is 22.7 Å². The number of thioether (sulfide) groups is 1. The van der Waals surface area contributed by atoms with E-state index in [1.165, 1.54) is 11.8 Å². The molecule has 0 aliphatic carbocycles. The summed E-state index contributed by atoms with van der Waals surface area (Å²) in [7, 11) is 0. The Morgan fingerprint density at radius 3 is 0.843 bits per heavy atom. The monoisotopic (exact) mass is 1440 g/mol. The highest BCUT2D eigenvalue weighted by Crippen LogP contribution is 2.56. The largest absolute Gasteiger partial charge is 0.361 e. The molecule has 8 nitrogen and oxygen atoms in total. The molecule has 5 atom stereocenters. The Kier molecular flexibility index (Phi) is 23.0. The molecule has 0 saturated carbocycles. The predicted octanol–water partition coefficient (Wildman–Crippen LogP) is 22.0. The Hall–Kier alpha value is -10.8. The summed E-state index contributed by atoms with van der Waals surface area (Å²) in [6, 6.07) is 129. The molecular weight excluding hydrogens is 1340 g/mol. The average Bonchev–Trinajstić information content (AvgIpc) is 1.59. The van der Waals surface area contributed by atoms with Crippen LogP contribution >= 0.6 is 11.8 Å². The quantitative estimate of drug-likeness (QED) is 0.0341. The number of amides is 1. The molecule has 0 unspecified atom stereocenters. The number of nitrogens with one attached hydrogen (secondary N) is 1. The zero-order valence-electron chi connectivity index (χ0n) is 61.8. The molecule has 0 aromatic heterocycles. The zero-order valence-corrected chi connectivity index (χ0v) is 62.6. The number of allylic oxidation sites excluding steroid dienone is 1. The Bertz CT molecular complexity index is 4560. The van der Waals surface area contributed by atoms with Crippen molar-refractivity contribution in [1.82, 2.24) is 5.32 Å². The highest BCUT2D eigenvalue weighted by Gasteiger charge is 2.58. The van der Waals surface area contributed by atoms with Gasteiger partial charge >= 0.3 is 0 Å². The van der Waals surface area contributed by atoms with Crippen molar-refractivity contribution in [1.29, 1.82) is 5.26 Å². The number of carbonyl (C=O) groups excluding carboxylic acids is 1. The van der Waals surface area contributed by atoms with E-state index in [-0.39, 0.29) is 25.0 Å². The van der Waals surface area contributed by atoms with Gasteiger partial charge in [-0.1, -0.05) is 390 Å². The van der Waals surface area contributed by atoms with Gasteiger partial charge in [0, 0.05) is 54.8 Å². The van der Waals surface area contributed by atoms with Crippen LogP contribution in [0.1, 0.15) is 126 Å². The molecule has 1 fully saturated rings. The van der Waals surface area contributed by atoms with Gasteiger partial charge in [-0.15, -0.1) is 0 Å². The van der Waals surface area contributed by atoms with Gasteiger partial charge < -0.3 is 24.3 Å². The third kappa shape index (κ3) is 14.5. The van der Waals surface area contributed by atoms with E-state index in [1.54, 1.807) is 0 Å². The van der Waals surface area contributed by atoms with E-state index >= 15 is 4.79 Å². The maximum atomic E-state index is 15.5. The molecule has 14 rings (SSSR count). The number of nitrogens with zero attached hydrogens (tertiary/aromatic N) is 2. The molecule has 9 heteroatoms. The lowest BCUT2D eigenvalue weighted by Crippen LogP contribution is -2.45. The van der Waals surface area contributed by atoms with Crippen LogP contribution in [0.5, 0.6) is 0 Å². The van der Waals surface area contributed by atoms with E-state index in [2.05, 4.69) is 322 Å². The smallest absolute Gasteiger partial charge is 0.228 e. The van der Waals surface area contributed by atoms with Crippen LogP contribution in [0.4, 0.5) is 0 Å². The van der Waals surface area contributed by atoms with Crippen molar-refractivity contribution < 1.29 is 23.7 Å². The van der Waals surface area contributed by atoms with Crippen molar-refractivity contribution in [3.05, 3.63) is 442 Å². The minimum Gasteiger partial charge on any atom is -0.361 e. The Balaban J connectivity index is 0.835. The van der Waals surface area contributed by atoms with E-state index in [0.29, 0.717) is 51.7 Å². The minimum absolute atomic E-state index is 0.0615. The summed E-state index contributed by atoms with van der Waals surface area (Å²) in [5.74, 6) is -0.842. The lowest BCUT2D eigenvalue weighted by atomic mass is 9.64. The van der Waals surface area contributed by atoms with Crippen molar-refractivity contribution in [2.45, 2.75) is 87.2 Å². The Morgan fingerprint density at radius 1 is 0.361 bits per heavy atom. The van der Waals surface area contributed by atoms with E-state index in [9.17, 15) is 5.26 Å². The molecule has 540 valence electrons. The second kappa shape index (κ2) is 33.6. The second-order valence-corrected chi connectivity index (χ2v) is 29.9. The third-order valence-electron chi connectivity index (χ3n) is 22.9. The van der Waals surface area contributed by atoms with Crippen molar-refractivity contribution in [2.24, 2.45) is 27.7 Å². The molecule has 0 spiro atoms. The maximum absolute atomic E-state index is 15.5. The van der Waals surface area contributed by atoms with E-state index in [4.69, 9.17) is 23.9 Å². The van der Waals surface area contributed by atoms with Gasteiger partial charge in [0.05, 0.1) is 11.1 Å². The number of nitriles is 1. The first-order chi connectivity index (χ1) is 53.0. The van der Waals surface area contributed by atoms with Crippen molar-refractivity contribution in [3.8, 4) is 6.07 Å². The normalized spacial score (nSPS) is 19.1. The minimum atomic E-state index is -1.22. The van der Waals surface area contributed by atoms with E-state index in [0.717, 1.165) is 77.5 Å². The van der Waals surface area contributed by atoms with Gasteiger partial charge in [0.1, 0.15) is 22.4 Å². The number of carbonyl (C=O) groups is 1. The molecule has 12 aromatic rings. The number of rotatable bonds is 31. The molecule has 1 N–H and O–H groups in total. The fourth-order valence-corrected chi connectivity index (χ4v) is 18.3. The first-order valence-corrected chi connectivity index (χ1v) is 38.8. The van der Waals surface area contributed by atoms with E-state index in [1.807, 2.05) is 79.7 Å².